The molecule has 0 radical (unpaired) electrons. The highest BCUT2D eigenvalue weighted by Gasteiger charge is 2.34. The molecule has 1 aromatic heterocycles. The first-order valence-corrected chi connectivity index (χ1v) is 11.7. The van der Waals surface area contributed by atoms with Crippen molar-refractivity contribution in [1.29, 1.82) is 0 Å². The Kier molecular flexibility index (Phi) is 7.00. The predicted octanol–water partition coefficient (Wildman–Crippen LogP) is 5.37. The molecule has 0 spiro atoms. The van der Waals surface area contributed by atoms with Crippen molar-refractivity contribution in [1.82, 2.24) is 15.1 Å². The van der Waals surface area contributed by atoms with Gasteiger partial charge in [0.1, 0.15) is 5.75 Å². The zero-order valence-corrected chi connectivity index (χ0v) is 20.7. The topological polar surface area (TPSA) is 73.5 Å². The number of ether oxygens (including phenoxy) is 1. The van der Waals surface area contributed by atoms with Crippen LogP contribution in [0, 0.1) is 0 Å². The zero-order chi connectivity index (χ0) is 25.3. The van der Waals surface area contributed by atoms with Crippen LogP contribution in [0.4, 0.5) is 20.2 Å². The van der Waals surface area contributed by atoms with Gasteiger partial charge in [-0.15, -0.1) is 8.78 Å². The Bertz CT molecular complexity index is 1180. The molecule has 2 aromatic carbocycles. The number of carbonyl (C=O) groups is 1. The number of nitrogens with zero attached hydrogens (tertiary/aromatic N) is 3. The van der Waals surface area contributed by atoms with E-state index in [0.717, 1.165) is 35.6 Å². The first-order valence-electron chi connectivity index (χ1n) is 11.3. The number of H-pyrrole nitrogens is 1. The van der Waals surface area contributed by atoms with Gasteiger partial charge in [0.2, 0.25) is 0 Å². The molecule has 0 aliphatic carbocycles. The van der Waals surface area contributed by atoms with E-state index in [2.05, 4.69) is 43.9 Å². The van der Waals surface area contributed by atoms with Crippen molar-refractivity contribution in [3.8, 4) is 17.0 Å². The molecule has 35 heavy (non-hydrogen) atoms. The molecule has 0 saturated carbocycles. The Labute approximate surface area is 208 Å². The summed E-state index contributed by atoms with van der Waals surface area (Å²) >= 11 is 4.81. The van der Waals surface area contributed by atoms with Crippen LogP contribution in [0.2, 0.25) is 0 Å². The Morgan fingerprint density at radius 3 is 2.57 bits per heavy atom. The number of halogens is 3. The molecule has 0 fully saturated rings. The van der Waals surface area contributed by atoms with E-state index >= 15 is 0 Å². The van der Waals surface area contributed by atoms with Gasteiger partial charge < -0.3 is 19.9 Å². The summed E-state index contributed by atoms with van der Waals surface area (Å²) in [4.78, 5) is 17.8. The highest BCUT2D eigenvalue weighted by atomic mass is 35.5. The summed E-state index contributed by atoms with van der Waals surface area (Å²) in [7, 11) is 4.08. The lowest BCUT2D eigenvalue weighted by Crippen LogP contribution is -2.32. The van der Waals surface area contributed by atoms with Gasteiger partial charge in [-0.2, -0.15) is 5.10 Å². The summed E-state index contributed by atoms with van der Waals surface area (Å²) in [6.07, 6.45) is 1.69. The van der Waals surface area contributed by atoms with Crippen LogP contribution < -0.4 is 15.0 Å². The van der Waals surface area contributed by atoms with Gasteiger partial charge in [-0.05, 0) is 76.0 Å². The average molecular weight is 504 g/mol. The second kappa shape index (κ2) is 9.83. The van der Waals surface area contributed by atoms with E-state index in [-0.39, 0.29) is 23.6 Å². The number of alkyl halides is 3. The highest BCUT2D eigenvalue weighted by molar-refractivity contribution is 6.20. The second-order valence-corrected chi connectivity index (χ2v) is 9.60. The number of amides is 1. The quantitative estimate of drug-likeness (QED) is 0.404. The fourth-order valence-corrected chi connectivity index (χ4v) is 4.56. The molecule has 1 atom stereocenters. The molecule has 1 aliphatic rings. The third-order valence-electron chi connectivity index (χ3n) is 5.89. The van der Waals surface area contributed by atoms with Crippen LogP contribution >= 0.6 is 11.6 Å². The van der Waals surface area contributed by atoms with Crippen LogP contribution in [-0.2, 0) is 0 Å². The van der Waals surface area contributed by atoms with Gasteiger partial charge in [0.25, 0.3) is 5.91 Å². The van der Waals surface area contributed by atoms with Crippen LogP contribution in [0.15, 0.2) is 48.7 Å². The van der Waals surface area contributed by atoms with Gasteiger partial charge in [0.05, 0.1) is 11.4 Å². The summed E-state index contributed by atoms with van der Waals surface area (Å²) in [5.74, 6) is -0.190. The number of aromatic nitrogens is 2. The van der Waals surface area contributed by atoms with Crippen LogP contribution in [0.25, 0.3) is 11.3 Å². The van der Waals surface area contributed by atoms with Crippen molar-refractivity contribution in [2.24, 2.45) is 0 Å². The summed E-state index contributed by atoms with van der Waals surface area (Å²) < 4.78 is 30.0. The van der Waals surface area contributed by atoms with Crippen molar-refractivity contribution in [2.75, 3.05) is 37.4 Å². The lowest BCUT2D eigenvalue weighted by Gasteiger charge is -2.27. The van der Waals surface area contributed by atoms with E-state index in [1.807, 2.05) is 32.3 Å². The van der Waals surface area contributed by atoms with Crippen molar-refractivity contribution in [3.63, 3.8) is 0 Å². The van der Waals surface area contributed by atoms with Gasteiger partial charge in [0, 0.05) is 59.7 Å². The van der Waals surface area contributed by atoms with Crippen molar-refractivity contribution in [3.05, 3.63) is 59.8 Å². The average Bonchev–Trinajstić information content (AvgIpc) is 3.42. The number of fused-ring (bicyclic) bond motifs is 1. The van der Waals surface area contributed by atoms with E-state index in [4.69, 9.17) is 11.6 Å². The molecule has 4 rings (SSSR count). The third-order valence-corrected chi connectivity index (χ3v) is 5.97. The minimum Gasteiger partial charge on any atom is -0.420 e. The second-order valence-electron chi connectivity index (χ2n) is 9.16. The number of benzene rings is 2. The molecule has 10 heteroatoms. The van der Waals surface area contributed by atoms with Gasteiger partial charge in [-0.3, -0.25) is 9.89 Å². The lowest BCUT2D eigenvalue weighted by atomic mass is 9.94. The number of likely N-dealkylation sites (N-methyl/N-ethyl adjacent to an activating group) is 1. The maximum absolute atomic E-state index is 13.3. The van der Waals surface area contributed by atoms with Crippen molar-refractivity contribution in [2.45, 2.75) is 31.4 Å². The minimum absolute atomic E-state index is 0.109. The largest absolute Gasteiger partial charge is 0.487 e. The van der Waals surface area contributed by atoms with E-state index in [0.29, 0.717) is 11.3 Å². The summed E-state index contributed by atoms with van der Waals surface area (Å²) in [5.41, 5.74) is 1.09. The monoisotopic (exact) mass is 503 g/mol. The van der Waals surface area contributed by atoms with Crippen LogP contribution in [0.5, 0.6) is 5.75 Å². The van der Waals surface area contributed by atoms with Gasteiger partial charge in [0.15, 0.2) is 0 Å². The molecule has 186 valence electrons. The molecular formula is C25H28ClF2N5O2. The zero-order valence-electron chi connectivity index (χ0n) is 20.0. The number of rotatable bonds is 8. The molecule has 1 amide bonds. The number of carbonyl (C=O) groups excluding carboxylic acids is 1. The van der Waals surface area contributed by atoms with Gasteiger partial charge in [-0.1, -0.05) is 0 Å². The van der Waals surface area contributed by atoms with Gasteiger partial charge in [-0.25, -0.2) is 0 Å². The molecule has 0 bridgehead atoms. The van der Waals surface area contributed by atoms with Crippen molar-refractivity contribution >= 4 is 28.9 Å². The van der Waals surface area contributed by atoms with Crippen LogP contribution in [0.1, 0.15) is 35.7 Å². The SMILES string of the molecule is CC(C)N1CC(CN(C)C)c2cc(C(=O)Nc3ccc(OC(F)(F)Cl)cc3)cc(-c3ccn[nH]3)c21. The summed E-state index contributed by atoms with van der Waals surface area (Å²) in [6.45, 7) is 6.01. The maximum atomic E-state index is 13.3. The normalized spacial score (nSPS) is 15.6. The molecule has 0 saturated heterocycles. The fourth-order valence-electron chi connectivity index (χ4n) is 4.47. The first kappa shape index (κ1) is 24.9. The van der Waals surface area contributed by atoms with Crippen LogP contribution in [0.3, 0.4) is 0 Å². The smallest absolute Gasteiger partial charge is 0.420 e. The Hall–Kier alpha value is -3.17. The first-order chi connectivity index (χ1) is 16.5. The molecule has 2 heterocycles. The third kappa shape index (κ3) is 5.74. The Morgan fingerprint density at radius 2 is 2.00 bits per heavy atom. The fraction of sp³-hybridized carbons (Fsp3) is 0.360. The number of nitrogens with one attached hydrogen (secondary N) is 2. The number of aromatic amines is 1. The van der Waals surface area contributed by atoms with E-state index in [9.17, 15) is 13.6 Å². The molecule has 2 N–H and O–H groups in total. The molecule has 3 aromatic rings. The lowest BCUT2D eigenvalue weighted by molar-refractivity contribution is -0.0964. The van der Waals surface area contributed by atoms with Crippen LogP contribution in [-0.4, -0.2) is 59.8 Å². The number of hydrogen-bond donors (Lipinski definition) is 2. The Balaban J connectivity index is 1.69. The Morgan fingerprint density at radius 1 is 1.29 bits per heavy atom. The molecule has 1 unspecified atom stereocenters. The van der Waals surface area contributed by atoms with Crippen molar-refractivity contribution < 1.29 is 18.3 Å². The predicted molar refractivity (Wildman–Crippen MR) is 134 cm³/mol. The van der Waals surface area contributed by atoms with E-state index < -0.39 is 5.57 Å². The summed E-state index contributed by atoms with van der Waals surface area (Å²) in [6, 6.07) is 11.6. The molecular weight excluding hydrogens is 476 g/mol. The number of anilines is 2. The number of hydrogen-bond acceptors (Lipinski definition) is 5. The molecule has 1 aliphatic heterocycles. The highest BCUT2D eigenvalue weighted by Crippen LogP contribution is 2.45. The maximum Gasteiger partial charge on any atom is 0.487 e. The minimum atomic E-state index is -3.80. The van der Waals surface area contributed by atoms with E-state index in [1.54, 1.807) is 6.20 Å². The van der Waals surface area contributed by atoms with Gasteiger partial charge >= 0.3 is 5.57 Å². The van der Waals surface area contributed by atoms with E-state index in [1.165, 1.54) is 24.3 Å². The molecule has 7 nitrogen and oxygen atoms in total. The standard InChI is InChI=1S/C25H28ClF2N5O2/c1-15(2)33-14-17(13-32(3)4)20-11-16(12-21(23(20)33)22-9-10-29-31-22)24(34)30-18-5-7-19(8-6-18)35-25(26,27)28/h5-12,15,17H,13-14H2,1-4H3,(H,29,31)(H,30,34). The summed E-state index contributed by atoms with van der Waals surface area (Å²) in [5, 5.41) is 9.98.